The molecular formula is C21H28N6O3. The van der Waals surface area contributed by atoms with E-state index in [1.807, 2.05) is 24.3 Å². The van der Waals surface area contributed by atoms with Gasteiger partial charge in [0.05, 0.1) is 4.92 Å². The van der Waals surface area contributed by atoms with Crippen LogP contribution in [0, 0.1) is 10.1 Å². The van der Waals surface area contributed by atoms with E-state index in [-0.39, 0.29) is 11.6 Å². The third-order valence-corrected chi connectivity index (χ3v) is 4.33. The number of nitrogens with one attached hydrogen (secondary N) is 3. The second-order valence-electron chi connectivity index (χ2n) is 6.81. The molecule has 0 saturated heterocycles. The molecule has 0 saturated carbocycles. The molecule has 0 aromatic heterocycles. The average Bonchev–Trinajstić information content (AvgIpc) is 2.75. The summed E-state index contributed by atoms with van der Waals surface area (Å²) >= 11 is 0. The minimum Gasteiger partial charge on any atom is -0.383 e. The summed E-state index contributed by atoms with van der Waals surface area (Å²) < 4.78 is 0. The van der Waals surface area contributed by atoms with Crippen LogP contribution in [0.3, 0.4) is 0 Å². The number of rotatable bonds is 9. The van der Waals surface area contributed by atoms with Gasteiger partial charge in [-0.2, -0.15) is 0 Å². The average molecular weight is 412 g/mol. The monoisotopic (exact) mass is 412 g/mol. The van der Waals surface area contributed by atoms with Crippen molar-refractivity contribution in [1.82, 2.24) is 15.5 Å². The third kappa shape index (κ3) is 7.08. The number of nitrogens with zero attached hydrogens (tertiary/aromatic N) is 3. The number of aliphatic imine (C=N–C) groups is 1. The summed E-state index contributed by atoms with van der Waals surface area (Å²) in [5, 5.41) is 20.3. The molecule has 0 aliphatic rings. The highest BCUT2D eigenvalue weighted by atomic mass is 16.6. The first-order valence-corrected chi connectivity index (χ1v) is 9.64. The van der Waals surface area contributed by atoms with E-state index in [1.165, 1.54) is 12.1 Å². The normalized spacial score (nSPS) is 11.0. The molecule has 0 unspecified atom stereocenters. The lowest BCUT2D eigenvalue weighted by molar-refractivity contribution is -0.384. The Kier molecular flexibility index (Phi) is 8.61. The quantitative estimate of drug-likeness (QED) is 0.191. The zero-order valence-corrected chi connectivity index (χ0v) is 17.5. The molecule has 160 valence electrons. The number of hydrogen-bond acceptors (Lipinski definition) is 5. The van der Waals surface area contributed by atoms with E-state index in [1.54, 1.807) is 38.2 Å². The molecule has 3 N–H and O–H groups in total. The highest BCUT2D eigenvalue weighted by molar-refractivity contribution is 5.94. The van der Waals surface area contributed by atoms with Gasteiger partial charge in [-0.15, -0.1) is 0 Å². The first-order chi connectivity index (χ1) is 14.4. The van der Waals surface area contributed by atoms with Crippen LogP contribution in [-0.4, -0.2) is 62.5 Å². The van der Waals surface area contributed by atoms with Gasteiger partial charge in [0.1, 0.15) is 0 Å². The van der Waals surface area contributed by atoms with Crippen LogP contribution in [0.4, 0.5) is 11.4 Å². The van der Waals surface area contributed by atoms with Gasteiger partial charge in [0.25, 0.3) is 11.6 Å². The number of nitro benzene ring substituents is 1. The second kappa shape index (κ2) is 11.4. The van der Waals surface area contributed by atoms with Crippen molar-refractivity contribution < 1.29 is 9.72 Å². The van der Waals surface area contributed by atoms with Crippen LogP contribution >= 0.6 is 0 Å². The van der Waals surface area contributed by atoms with Gasteiger partial charge in [-0.1, -0.05) is 12.1 Å². The zero-order chi connectivity index (χ0) is 21.9. The highest BCUT2D eigenvalue weighted by Gasteiger charge is 2.08. The molecule has 9 heteroatoms. The minimum absolute atomic E-state index is 0.0113. The van der Waals surface area contributed by atoms with Crippen LogP contribution in [0.15, 0.2) is 53.5 Å². The predicted molar refractivity (Wildman–Crippen MR) is 119 cm³/mol. The Bertz CT molecular complexity index is 881. The smallest absolute Gasteiger partial charge is 0.269 e. The number of guanidine groups is 1. The summed E-state index contributed by atoms with van der Waals surface area (Å²) in [7, 11) is 5.18. The number of non-ortho nitro benzene ring substituents is 1. The molecule has 0 spiro atoms. The molecule has 9 nitrogen and oxygen atoms in total. The van der Waals surface area contributed by atoms with Crippen LogP contribution in [0.25, 0.3) is 0 Å². The van der Waals surface area contributed by atoms with Crippen molar-refractivity contribution in [1.29, 1.82) is 0 Å². The molecule has 0 heterocycles. The molecule has 0 aliphatic heterocycles. The van der Waals surface area contributed by atoms with Gasteiger partial charge in [0, 0.05) is 64.2 Å². The van der Waals surface area contributed by atoms with Crippen molar-refractivity contribution in [2.24, 2.45) is 4.99 Å². The van der Waals surface area contributed by atoms with E-state index in [0.717, 1.165) is 17.7 Å². The fourth-order valence-electron chi connectivity index (χ4n) is 2.75. The molecule has 1 amide bonds. The topological polar surface area (TPSA) is 112 Å². The van der Waals surface area contributed by atoms with Gasteiger partial charge in [0.2, 0.25) is 0 Å². The summed E-state index contributed by atoms with van der Waals surface area (Å²) in [6.07, 6.45) is 0.760. The summed E-state index contributed by atoms with van der Waals surface area (Å²) in [5.41, 5.74) is 2.64. The van der Waals surface area contributed by atoms with Gasteiger partial charge < -0.3 is 20.9 Å². The number of nitro groups is 1. The van der Waals surface area contributed by atoms with Crippen LogP contribution < -0.4 is 16.0 Å². The van der Waals surface area contributed by atoms with Gasteiger partial charge in [-0.25, -0.2) is 0 Å². The number of amides is 1. The van der Waals surface area contributed by atoms with Gasteiger partial charge in [-0.3, -0.25) is 19.9 Å². The van der Waals surface area contributed by atoms with E-state index in [9.17, 15) is 14.9 Å². The second-order valence-corrected chi connectivity index (χ2v) is 6.81. The Balaban J connectivity index is 1.72. The lowest BCUT2D eigenvalue weighted by Crippen LogP contribution is -2.40. The first kappa shape index (κ1) is 22.7. The summed E-state index contributed by atoms with van der Waals surface area (Å²) in [4.78, 5) is 28.1. The maximum Gasteiger partial charge on any atom is 0.269 e. The third-order valence-electron chi connectivity index (χ3n) is 4.33. The fraction of sp³-hybridized carbons (Fsp3) is 0.333. The zero-order valence-electron chi connectivity index (χ0n) is 17.5. The van der Waals surface area contributed by atoms with Crippen LogP contribution in [0.5, 0.6) is 0 Å². The number of anilines is 1. The Hall–Kier alpha value is -3.62. The molecular weight excluding hydrogens is 384 g/mol. The summed E-state index contributed by atoms with van der Waals surface area (Å²) in [5.74, 6) is 0.670. The van der Waals surface area contributed by atoms with Crippen molar-refractivity contribution in [3.63, 3.8) is 0 Å². The lowest BCUT2D eigenvalue weighted by atomic mass is 10.1. The van der Waals surface area contributed by atoms with E-state index in [2.05, 4.69) is 20.9 Å². The number of carbonyl (C=O) groups is 1. The Morgan fingerprint density at radius 1 is 1.07 bits per heavy atom. The van der Waals surface area contributed by atoms with E-state index < -0.39 is 4.92 Å². The van der Waals surface area contributed by atoms with Crippen molar-refractivity contribution in [3.8, 4) is 0 Å². The SMILES string of the molecule is CN=C(NCCNc1ccc([N+](=O)[O-])cc1)NCCc1cccc(C(=O)N(C)C)c1. The molecule has 2 rings (SSSR count). The maximum absolute atomic E-state index is 12.1. The van der Waals surface area contributed by atoms with Gasteiger partial charge in [0.15, 0.2) is 5.96 Å². The van der Waals surface area contributed by atoms with Gasteiger partial charge in [-0.05, 0) is 36.2 Å². The van der Waals surface area contributed by atoms with Crippen LogP contribution in [-0.2, 0) is 6.42 Å². The molecule has 0 fully saturated rings. The first-order valence-electron chi connectivity index (χ1n) is 9.64. The number of hydrogen-bond donors (Lipinski definition) is 3. The Morgan fingerprint density at radius 3 is 2.40 bits per heavy atom. The molecule has 0 radical (unpaired) electrons. The van der Waals surface area contributed by atoms with Crippen molar-refractivity contribution in [2.75, 3.05) is 46.1 Å². The molecule has 30 heavy (non-hydrogen) atoms. The fourth-order valence-corrected chi connectivity index (χ4v) is 2.75. The standard InChI is InChI=1S/C21H28N6O3/c1-22-21(25-14-13-23-18-7-9-19(10-8-18)27(29)30)24-12-11-16-5-4-6-17(15-16)20(28)26(2)3/h4-10,15,23H,11-14H2,1-3H3,(H2,22,24,25). The molecule has 0 aliphatic carbocycles. The highest BCUT2D eigenvalue weighted by Crippen LogP contribution is 2.14. The minimum atomic E-state index is -0.419. The van der Waals surface area contributed by atoms with Crippen LogP contribution in [0.2, 0.25) is 0 Å². The molecule has 0 atom stereocenters. The van der Waals surface area contributed by atoms with E-state index in [0.29, 0.717) is 31.2 Å². The largest absolute Gasteiger partial charge is 0.383 e. The predicted octanol–water partition coefficient (Wildman–Crippen LogP) is 2.12. The van der Waals surface area contributed by atoms with Gasteiger partial charge >= 0.3 is 0 Å². The molecule has 2 aromatic rings. The lowest BCUT2D eigenvalue weighted by Gasteiger charge is -2.14. The Morgan fingerprint density at radius 2 is 1.77 bits per heavy atom. The van der Waals surface area contributed by atoms with E-state index >= 15 is 0 Å². The van der Waals surface area contributed by atoms with E-state index in [4.69, 9.17) is 0 Å². The number of benzene rings is 2. The van der Waals surface area contributed by atoms with Crippen molar-refractivity contribution >= 4 is 23.2 Å². The van der Waals surface area contributed by atoms with Crippen LogP contribution in [0.1, 0.15) is 15.9 Å². The molecule has 0 bridgehead atoms. The summed E-state index contributed by atoms with van der Waals surface area (Å²) in [6, 6.07) is 13.9. The maximum atomic E-state index is 12.1. The van der Waals surface area contributed by atoms with Crippen molar-refractivity contribution in [3.05, 3.63) is 69.8 Å². The Labute approximate surface area is 176 Å². The van der Waals surface area contributed by atoms with Crippen molar-refractivity contribution in [2.45, 2.75) is 6.42 Å². The number of carbonyl (C=O) groups excluding carboxylic acids is 1. The molecule has 2 aromatic carbocycles. The summed E-state index contributed by atoms with van der Waals surface area (Å²) in [6.45, 7) is 1.94.